The highest BCUT2D eigenvalue weighted by Crippen LogP contribution is 2.11. The second-order valence-corrected chi connectivity index (χ2v) is 4.39. The highest BCUT2D eigenvalue weighted by Gasteiger charge is 2.25. The molecule has 0 fully saturated rings. The Bertz CT molecular complexity index is 191. The fourth-order valence-electron chi connectivity index (χ4n) is 1.22. The zero-order valence-corrected chi connectivity index (χ0v) is 10.0. The lowest BCUT2D eigenvalue weighted by atomic mass is 9.97. The summed E-state index contributed by atoms with van der Waals surface area (Å²) in [5.74, 6) is -0.0344. The van der Waals surface area contributed by atoms with Gasteiger partial charge in [-0.05, 0) is 32.7 Å². The van der Waals surface area contributed by atoms with Gasteiger partial charge in [0.15, 0.2) is 0 Å². The average Bonchev–Trinajstić information content (AvgIpc) is 2.25. The minimum Gasteiger partial charge on any atom is -0.394 e. The van der Waals surface area contributed by atoms with Gasteiger partial charge in [0.2, 0.25) is 5.91 Å². The van der Waals surface area contributed by atoms with Gasteiger partial charge in [-0.3, -0.25) is 4.79 Å². The lowest BCUT2D eigenvalue weighted by Gasteiger charge is -2.28. The van der Waals surface area contributed by atoms with Crippen LogP contribution in [0, 0.1) is 5.92 Å². The largest absolute Gasteiger partial charge is 0.394 e. The summed E-state index contributed by atoms with van der Waals surface area (Å²) in [4.78, 5) is 11.7. The zero-order chi connectivity index (χ0) is 11.9. The number of hydrogen-bond acceptors (Lipinski definition) is 3. The molecule has 0 heterocycles. The number of nitrogens with one attached hydrogen (secondary N) is 1. The van der Waals surface area contributed by atoms with E-state index in [1.807, 2.05) is 20.8 Å². The van der Waals surface area contributed by atoms with E-state index in [1.165, 1.54) is 0 Å². The summed E-state index contributed by atoms with van der Waals surface area (Å²) in [7, 11) is 0. The summed E-state index contributed by atoms with van der Waals surface area (Å²) in [6.07, 6.45) is 2.38. The molecule has 0 aromatic rings. The molecule has 0 saturated carbocycles. The van der Waals surface area contributed by atoms with E-state index in [4.69, 9.17) is 10.8 Å². The SMILES string of the molecule is CCC(C)(CO)NC(=O)C(C)CCCN. The molecule has 0 radical (unpaired) electrons. The van der Waals surface area contributed by atoms with Crippen molar-refractivity contribution in [2.45, 2.75) is 45.6 Å². The molecule has 4 heteroatoms. The van der Waals surface area contributed by atoms with Crippen LogP contribution in [0.4, 0.5) is 0 Å². The second-order valence-electron chi connectivity index (χ2n) is 4.39. The second kappa shape index (κ2) is 6.80. The van der Waals surface area contributed by atoms with Crippen LogP contribution in [-0.4, -0.2) is 29.7 Å². The minimum atomic E-state index is -0.492. The monoisotopic (exact) mass is 216 g/mol. The highest BCUT2D eigenvalue weighted by atomic mass is 16.3. The zero-order valence-electron chi connectivity index (χ0n) is 10.0. The van der Waals surface area contributed by atoms with Crippen LogP contribution in [-0.2, 0) is 4.79 Å². The van der Waals surface area contributed by atoms with Crippen molar-refractivity contribution < 1.29 is 9.90 Å². The summed E-state index contributed by atoms with van der Waals surface area (Å²) in [5.41, 5.74) is 4.89. The van der Waals surface area contributed by atoms with E-state index >= 15 is 0 Å². The standard InChI is InChI=1S/C11H24N2O2/c1-4-11(3,8-14)13-10(15)9(2)6-5-7-12/h9,14H,4-8,12H2,1-3H3,(H,13,15). The third-order valence-corrected chi connectivity index (χ3v) is 2.84. The lowest BCUT2D eigenvalue weighted by molar-refractivity contribution is -0.127. The quantitative estimate of drug-likeness (QED) is 0.584. The summed E-state index contributed by atoms with van der Waals surface area (Å²) in [6, 6.07) is 0. The van der Waals surface area contributed by atoms with Crippen LogP contribution in [0.1, 0.15) is 40.0 Å². The van der Waals surface area contributed by atoms with Crippen LogP contribution in [0.5, 0.6) is 0 Å². The van der Waals surface area contributed by atoms with E-state index in [9.17, 15) is 4.79 Å². The third-order valence-electron chi connectivity index (χ3n) is 2.84. The molecular formula is C11H24N2O2. The van der Waals surface area contributed by atoms with Crippen molar-refractivity contribution in [2.24, 2.45) is 11.7 Å². The van der Waals surface area contributed by atoms with Gasteiger partial charge in [0.1, 0.15) is 0 Å². The van der Waals surface area contributed by atoms with Gasteiger partial charge >= 0.3 is 0 Å². The Balaban J connectivity index is 4.10. The number of amides is 1. The Kier molecular flexibility index (Phi) is 6.52. The molecule has 1 amide bonds. The molecule has 0 spiro atoms. The average molecular weight is 216 g/mol. The van der Waals surface area contributed by atoms with E-state index in [0.717, 1.165) is 19.3 Å². The van der Waals surface area contributed by atoms with Crippen LogP contribution >= 0.6 is 0 Å². The number of carbonyl (C=O) groups excluding carboxylic acids is 1. The van der Waals surface area contributed by atoms with Crippen molar-refractivity contribution >= 4 is 5.91 Å². The predicted octanol–water partition coefficient (Wildman–Crippen LogP) is 0.639. The van der Waals surface area contributed by atoms with Gasteiger partial charge in [-0.2, -0.15) is 0 Å². The topological polar surface area (TPSA) is 75.3 Å². The van der Waals surface area contributed by atoms with E-state index in [0.29, 0.717) is 6.54 Å². The molecule has 4 nitrogen and oxygen atoms in total. The fourth-order valence-corrected chi connectivity index (χ4v) is 1.22. The van der Waals surface area contributed by atoms with Crippen molar-refractivity contribution in [2.75, 3.05) is 13.2 Å². The van der Waals surface area contributed by atoms with Crippen LogP contribution in [0.3, 0.4) is 0 Å². The normalized spacial score (nSPS) is 16.9. The molecule has 0 aromatic carbocycles. The Labute approximate surface area is 92.2 Å². The fraction of sp³-hybridized carbons (Fsp3) is 0.909. The Morgan fingerprint density at radius 1 is 1.60 bits per heavy atom. The van der Waals surface area contributed by atoms with Crippen LogP contribution in [0.25, 0.3) is 0 Å². The van der Waals surface area contributed by atoms with E-state index < -0.39 is 5.54 Å². The molecule has 0 aliphatic rings. The first-order chi connectivity index (χ1) is 6.99. The number of rotatable bonds is 7. The molecule has 2 unspecified atom stereocenters. The van der Waals surface area contributed by atoms with Gasteiger partial charge in [-0.15, -0.1) is 0 Å². The number of aliphatic hydroxyl groups excluding tert-OH is 1. The summed E-state index contributed by atoms with van der Waals surface area (Å²) < 4.78 is 0. The van der Waals surface area contributed by atoms with Crippen molar-refractivity contribution in [3.8, 4) is 0 Å². The minimum absolute atomic E-state index is 0.00171. The maximum absolute atomic E-state index is 11.7. The molecular weight excluding hydrogens is 192 g/mol. The molecule has 0 saturated heterocycles. The Hall–Kier alpha value is -0.610. The molecule has 0 rings (SSSR count). The third kappa shape index (κ3) is 5.14. The first kappa shape index (κ1) is 14.4. The van der Waals surface area contributed by atoms with Gasteiger partial charge in [0, 0.05) is 5.92 Å². The maximum Gasteiger partial charge on any atom is 0.223 e. The van der Waals surface area contributed by atoms with Crippen LogP contribution in [0.2, 0.25) is 0 Å². The lowest BCUT2D eigenvalue weighted by Crippen LogP contribution is -2.50. The van der Waals surface area contributed by atoms with Crippen molar-refractivity contribution in [1.29, 1.82) is 0 Å². The van der Waals surface area contributed by atoms with Crippen LogP contribution < -0.4 is 11.1 Å². The van der Waals surface area contributed by atoms with Gasteiger partial charge in [0.25, 0.3) is 0 Å². The van der Waals surface area contributed by atoms with Crippen molar-refractivity contribution in [3.05, 3.63) is 0 Å². The number of aliphatic hydroxyl groups is 1. The highest BCUT2D eigenvalue weighted by molar-refractivity contribution is 5.79. The maximum atomic E-state index is 11.7. The van der Waals surface area contributed by atoms with Crippen LogP contribution in [0.15, 0.2) is 0 Å². The number of hydrogen-bond donors (Lipinski definition) is 3. The molecule has 0 aromatic heterocycles. The molecule has 90 valence electrons. The molecule has 15 heavy (non-hydrogen) atoms. The Morgan fingerprint density at radius 3 is 2.60 bits per heavy atom. The molecule has 4 N–H and O–H groups in total. The molecule has 2 atom stereocenters. The number of nitrogens with two attached hydrogens (primary N) is 1. The van der Waals surface area contributed by atoms with Crippen molar-refractivity contribution in [1.82, 2.24) is 5.32 Å². The van der Waals surface area contributed by atoms with Gasteiger partial charge < -0.3 is 16.2 Å². The Morgan fingerprint density at radius 2 is 2.20 bits per heavy atom. The van der Waals surface area contributed by atoms with E-state index in [1.54, 1.807) is 0 Å². The smallest absolute Gasteiger partial charge is 0.223 e. The molecule has 0 bridgehead atoms. The predicted molar refractivity (Wildman–Crippen MR) is 61.4 cm³/mol. The summed E-state index contributed by atoms with van der Waals surface area (Å²) >= 11 is 0. The van der Waals surface area contributed by atoms with Gasteiger partial charge in [-0.25, -0.2) is 0 Å². The van der Waals surface area contributed by atoms with Gasteiger partial charge in [-0.1, -0.05) is 13.8 Å². The number of carbonyl (C=O) groups is 1. The van der Waals surface area contributed by atoms with E-state index in [2.05, 4.69) is 5.32 Å². The molecule has 0 aliphatic carbocycles. The van der Waals surface area contributed by atoms with Crippen molar-refractivity contribution in [3.63, 3.8) is 0 Å². The summed E-state index contributed by atoms with van der Waals surface area (Å²) in [6.45, 7) is 6.27. The summed E-state index contributed by atoms with van der Waals surface area (Å²) in [5, 5.41) is 12.0. The first-order valence-corrected chi connectivity index (χ1v) is 5.62. The van der Waals surface area contributed by atoms with Gasteiger partial charge in [0.05, 0.1) is 12.1 Å². The van der Waals surface area contributed by atoms with E-state index in [-0.39, 0.29) is 18.4 Å². The first-order valence-electron chi connectivity index (χ1n) is 5.62. The molecule has 0 aliphatic heterocycles.